The number of aliphatic hydroxyl groups is 1. The standard InChI is InChI=1S/C23H26N2O4.CH4/c1-4-14-15-8-13(26)6-7-19(15)24-21-16(14)10-25-12(3)17-11-29-22(27)23(28,5-2)18(17)9-20(21)25;/h6-8,17-18,20,26,28H,3-5,9-11H2,1-2H3;1H4/t17?,18?,20?,23-;/m0./s1. The number of esters is 1. The number of hydrogen-bond donors (Lipinski definition) is 2. The number of fused-ring (bicyclic) bond motifs is 5. The number of aromatic hydroxyl groups is 1. The number of hydrogen-bond acceptors (Lipinski definition) is 6. The van der Waals surface area contributed by atoms with Crippen molar-refractivity contribution in [3.05, 3.63) is 47.3 Å². The van der Waals surface area contributed by atoms with Crippen molar-refractivity contribution in [2.24, 2.45) is 11.8 Å². The van der Waals surface area contributed by atoms with Gasteiger partial charge in [-0.2, -0.15) is 0 Å². The van der Waals surface area contributed by atoms with Gasteiger partial charge in [-0.3, -0.25) is 4.98 Å². The van der Waals surface area contributed by atoms with Gasteiger partial charge in [-0.1, -0.05) is 27.9 Å². The van der Waals surface area contributed by atoms with Crippen molar-refractivity contribution in [2.45, 2.75) is 58.7 Å². The third kappa shape index (κ3) is 2.59. The lowest BCUT2D eigenvalue weighted by molar-refractivity contribution is -0.195. The zero-order valence-corrected chi connectivity index (χ0v) is 16.8. The Balaban J connectivity index is 0.00000218. The summed E-state index contributed by atoms with van der Waals surface area (Å²) >= 11 is 0. The van der Waals surface area contributed by atoms with Crippen molar-refractivity contribution in [2.75, 3.05) is 6.61 Å². The van der Waals surface area contributed by atoms with Crippen LogP contribution < -0.4 is 0 Å². The van der Waals surface area contributed by atoms with Crippen LogP contribution in [0.1, 0.15) is 57.0 Å². The van der Waals surface area contributed by atoms with E-state index in [9.17, 15) is 15.0 Å². The van der Waals surface area contributed by atoms with Crippen molar-refractivity contribution in [3.8, 4) is 5.75 Å². The number of phenolic OH excluding ortho intramolecular Hbond substituents is 1. The smallest absolute Gasteiger partial charge is 0.338 e. The lowest BCUT2D eigenvalue weighted by Gasteiger charge is -2.50. The Bertz CT molecular complexity index is 1050. The summed E-state index contributed by atoms with van der Waals surface area (Å²) in [6.45, 7) is 9.27. The predicted molar refractivity (Wildman–Crippen MR) is 115 cm³/mol. The topological polar surface area (TPSA) is 82.9 Å². The molecule has 2 aromatic rings. The number of piperidine rings is 1. The minimum Gasteiger partial charge on any atom is -0.508 e. The molecule has 0 spiro atoms. The second-order valence-electron chi connectivity index (χ2n) is 8.47. The summed E-state index contributed by atoms with van der Waals surface area (Å²) < 4.78 is 5.35. The lowest BCUT2D eigenvalue weighted by Crippen LogP contribution is -2.58. The van der Waals surface area contributed by atoms with Gasteiger partial charge in [-0.05, 0) is 48.6 Å². The van der Waals surface area contributed by atoms with Crippen LogP contribution in [0.25, 0.3) is 10.9 Å². The molecule has 3 aliphatic heterocycles. The third-order valence-corrected chi connectivity index (χ3v) is 7.25. The van der Waals surface area contributed by atoms with Gasteiger partial charge in [0.25, 0.3) is 0 Å². The molecule has 160 valence electrons. The first kappa shape index (κ1) is 20.7. The van der Waals surface area contributed by atoms with E-state index in [4.69, 9.17) is 9.72 Å². The molecule has 2 fully saturated rings. The second-order valence-corrected chi connectivity index (χ2v) is 8.47. The Labute approximate surface area is 177 Å². The summed E-state index contributed by atoms with van der Waals surface area (Å²) in [6, 6.07) is 5.30. The summed E-state index contributed by atoms with van der Waals surface area (Å²) in [4.78, 5) is 19.6. The molecule has 5 rings (SSSR count). The number of carbonyl (C=O) groups is 1. The van der Waals surface area contributed by atoms with Crippen LogP contribution in [0.2, 0.25) is 0 Å². The molecular weight excluding hydrogens is 380 g/mol. The zero-order valence-electron chi connectivity index (χ0n) is 16.8. The number of benzene rings is 1. The predicted octanol–water partition coefficient (Wildman–Crippen LogP) is 3.84. The van der Waals surface area contributed by atoms with Crippen LogP contribution in [0.4, 0.5) is 0 Å². The largest absolute Gasteiger partial charge is 0.508 e. The summed E-state index contributed by atoms with van der Waals surface area (Å²) in [5.74, 6) is -0.580. The Morgan fingerprint density at radius 2 is 2.13 bits per heavy atom. The second kappa shape index (κ2) is 6.98. The molecular formula is C24H30N2O4. The summed E-state index contributed by atoms with van der Waals surface area (Å²) in [5, 5.41) is 22.1. The van der Waals surface area contributed by atoms with E-state index in [-0.39, 0.29) is 37.7 Å². The molecule has 6 heteroatoms. The van der Waals surface area contributed by atoms with Crippen molar-refractivity contribution in [1.29, 1.82) is 0 Å². The fraction of sp³-hybridized carbons (Fsp3) is 0.500. The van der Waals surface area contributed by atoms with E-state index < -0.39 is 11.6 Å². The monoisotopic (exact) mass is 410 g/mol. The molecule has 4 atom stereocenters. The molecule has 6 nitrogen and oxygen atoms in total. The Kier molecular flexibility index (Phi) is 4.81. The van der Waals surface area contributed by atoms with E-state index in [1.54, 1.807) is 12.1 Å². The highest BCUT2D eigenvalue weighted by Crippen LogP contribution is 2.53. The van der Waals surface area contributed by atoms with E-state index in [0.717, 1.165) is 28.7 Å². The molecule has 4 heterocycles. The zero-order chi connectivity index (χ0) is 20.5. The first-order chi connectivity index (χ1) is 13.9. The van der Waals surface area contributed by atoms with Crippen molar-refractivity contribution in [3.63, 3.8) is 0 Å². The molecule has 30 heavy (non-hydrogen) atoms. The van der Waals surface area contributed by atoms with Gasteiger partial charge in [0.2, 0.25) is 0 Å². The number of carbonyl (C=O) groups excluding carboxylic acids is 1. The van der Waals surface area contributed by atoms with Gasteiger partial charge in [0.1, 0.15) is 12.4 Å². The highest BCUT2D eigenvalue weighted by molar-refractivity contribution is 5.85. The first-order valence-corrected chi connectivity index (χ1v) is 10.4. The molecule has 1 aromatic heterocycles. The molecule has 3 aliphatic rings. The van der Waals surface area contributed by atoms with E-state index in [2.05, 4.69) is 18.4 Å². The molecule has 0 aliphatic carbocycles. The van der Waals surface area contributed by atoms with Crippen molar-refractivity contribution in [1.82, 2.24) is 9.88 Å². The molecule has 0 radical (unpaired) electrons. The van der Waals surface area contributed by atoms with Gasteiger partial charge in [-0.25, -0.2) is 4.79 Å². The molecule has 3 unspecified atom stereocenters. The fourth-order valence-corrected chi connectivity index (χ4v) is 5.64. The summed E-state index contributed by atoms with van der Waals surface area (Å²) in [5.41, 5.74) is 3.69. The maximum Gasteiger partial charge on any atom is 0.338 e. The lowest BCUT2D eigenvalue weighted by atomic mass is 9.68. The number of ether oxygens (including phenoxy) is 1. The summed E-state index contributed by atoms with van der Waals surface area (Å²) in [7, 11) is 0. The minimum atomic E-state index is -1.48. The highest BCUT2D eigenvalue weighted by Gasteiger charge is 2.57. The van der Waals surface area contributed by atoms with Gasteiger partial charge in [0.15, 0.2) is 5.60 Å². The van der Waals surface area contributed by atoms with Crippen molar-refractivity contribution >= 4 is 16.9 Å². The van der Waals surface area contributed by atoms with Crippen LogP contribution in [-0.4, -0.2) is 38.3 Å². The van der Waals surface area contributed by atoms with E-state index in [1.165, 1.54) is 11.1 Å². The van der Waals surface area contributed by atoms with Gasteiger partial charge >= 0.3 is 5.97 Å². The molecule has 0 amide bonds. The highest BCUT2D eigenvalue weighted by atomic mass is 16.6. The van der Waals surface area contributed by atoms with E-state index in [0.29, 0.717) is 19.4 Å². The average molecular weight is 411 g/mol. The third-order valence-electron chi connectivity index (χ3n) is 7.25. The van der Waals surface area contributed by atoms with E-state index in [1.807, 2.05) is 13.0 Å². The molecule has 0 bridgehead atoms. The van der Waals surface area contributed by atoms with Crippen LogP contribution >= 0.6 is 0 Å². The molecule has 2 saturated heterocycles. The van der Waals surface area contributed by atoms with Gasteiger partial charge in [0, 0.05) is 29.5 Å². The first-order valence-electron chi connectivity index (χ1n) is 10.4. The average Bonchev–Trinajstić information content (AvgIpc) is 3.08. The van der Waals surface area contributed by atoms with Crippen LogP contribution in [-0.2, 0) is 22.5 Å². The number of aryl methyl sites for hydroxylation is 1. The number of pyridine rings is 1. The summed E-state index contributed by atoms with van der Waals surface area (Å²) in [6.07, 6.45) is 1.81. The van der Waals surface area contributed by atoms with Gasteiger partial charge in [-0.15, -0.1) is 0 Å². The maximum atomic E-state index is 12.4. The number of cyclic esters (lactones) is 1. The van der Waals surface area contributed by atoms with E-state index >= 15 is 0 Å². The van der Waals surface area contributed by atoms with Crippen LogP contribution in [0.3, 0.4) is 0 Å². The molecule has 0 saturated carbocycles. The maximum absolute atomic E-state index is 12.4. The Morgan fingerprint density at radius 3 is 2.83 bits per heavy atom. The number of nitrogens with zero attached hydrogens (tertiary/aromatic N) is 2. The van der Waals surface area contributed by atoms with Gasteiger partial charge < -0.3 is 19.8 Å². The number of phenols is 1. The fourth-order valence-electron chi connectivity index (χ4n) is 5.64. The Morgan fingerprint density at radius 1 is 1.37 bits per heavy atom. The van der Waals surface area contributed by atoms with Crippen LogP contribution in [0, 0.1) is 11.8 Å². The molecule has 1 aromatic carbocycles. The Hall–Kier alpha value is -2.60. The number of aromatic nitrogens is 1. The van der Waals surface area contributed by atoms with Crippen molar-refractivity contribution < 1.29 is 19.7 Å². The normalized spacial score (nSPS) is 29.7. The van der Waals surface area contributed by atoms with Crippen LogP contribution in [0.5, 0.6) is 5.75 Å². The number of rotatable bonds is 2. The quantitative estimate of drug-likeness (QED) is 0.732. The van der Waals surface area contributed by atoms with Crippen LogP contribution in [0.15, 0.2) is 30.5 Å². The SMILES string of the molecule is C.C=C1C2COC(=O)[C@](O)(CC)C2CC2c3nc4ccc(O)cc4c(CC)c3CN12. The van der Waals surface area contributed by atoms with Gasteiger partial charge in [0.05, 0.1) is 17.3 Å². The minimum absolute atomic E-state index is 0. The molecule has 2 N–H and O–H groups in total.